The minimum atomic E-state index is -4.87. The van der Waals surface area contributed by atoms with E-state index in [4.69, 9.17) is 15.2 Å². The number of anilines is 1. The van der Waals surface area contributed by atoms with Gasteiger partial charge < -0.3 is 26.8 Å². The summed E-state index contributed by atoms with van der Waals surface area (Å²) in [5.41, 5.74) is 5.42. The number of carbonyl (C=O) groups excluding carboxylic acids is 2. The number of hydrogen-bond donors (Lipinski definition) is 3. The summed E-state index contributed by atoms with van der Waals surface area (Å²) < 4.78 is 43.9. The molecule has 16 heteroatoms. The van der Waals surface area contributed by atoms with Crippen molar-refractivity contribution in [2.24, 2.45) is 5.16 Å². The molecular weight excluding hydrogens is 453 g/mol. The molecule has 2 aliphatic rings. The van der Waals surface area contributed by atoms with Crippen LogP contribution in [0, 0.1) is 0 Å². The Hall–Kier alpha value is -1.33. The van der Waals surface area contributed by atoms with Crippen molar-refractivity contribution in [2.45, 2.75) is 37.8 Å². The zero-order valence-corrected chi connectivity index (χ0v) is 20.2. The van der Waals surface area contributed by atoms with Crippen LogP contribution in [-0.4, -0.2) is 77.5 Å². The maximum atomic E-state index is 12.7. The van der Waals surface area contributed by atoms with Gasteiger partial charge >= 0.3 is 39.9 Å². The van der Waals surface area contributed by atoms with E-state index < -0.39 is 46.1 Å². The van der Waals surface area contributed by atoms with Crippen molar-refractivity contribution in [1.29, 1.82) is 0 Å². The molecular formula is C14H20N5NaO8S2. The zero-order chi connectivity index (χ0) is 21.6. The van der Waals surface area contributed by atoms with E-state index in [1.54, 1.807) is 13.8 Å². The van der Waals surface area contributed by atoms with Gasteiger partial charge in [0.15, 0.2) is 16.6 Å². The van der Waals surface area contributed by atoms with Crippen molar-refractivity contribution in [3.63, 3.8) is 0 Å². The number of rotatable bonds is 6. The summed E-state index contributed by atoms with van der Waals surface area (Å²) in [6, 6.07) is -2.53. The van der Waals surface area contributed by atoms with Gasteiger partial charge in [0.2, 0.25) is 0 Å². The number of β-lactam (4-membered cyclic amide) rings is 1. The first-order valence-electron chi connectivity index (χ1n) is 8.20. The standard InChI is InChI=1S/C14H19N5O8S2.Na.H/c1-14(2)26-4-7(27-14)10-9(12(21)19(10)29(22,23)24)17-11(20)8(18-25-3)6-5-28-13(15)16-6;;/h5,7,9-10H,4H2,1-3H3,(H2,15,16)(H,17,20)(H,22,23,24);;/q;+1;-1/t7?,9-,10+;;/m0../s1. The molecule has 162 valence electrons. The molecule has 1 unspecified atom stereocenters. The third-order valence-electron chi connectivity index (χ3n) is 4.20. The molecule has 0 radical (unpaired) electrons. The van der Waals surface area contributed by atoms with Gasteiger partial charge in [-0.1, -0.05) is 5.16 Å². The number of hydrogen-bond acceptors (Lipinski definition) is 11. The Balaban J connectivity index is 0.00000240. The van der Waals surface area contributed by atoms with Crippen LogP contribution in [0.15, 0.2) is 10.5 Å². The third-order valence-corrected chi connectivity index (χ3v) is 5.80. The average molecular weight is 473 g/mol. The number of ether oxygens (including phenoxy) is 2. The second-order valence-electron chi connectivity index (χ2n) is 6.61. The molecule has 3 heterocycles. The van der Waals surface area contributed by atoms with Gasteiger partial charge in [0.25, 0.3) is 11.8 Å². The normalized spacial score (nSPS) is 26.0. The Labute approximate surface area is 199 Å². The summed E-state index contributed by atoms with van der Waals surface area (Å²) in [6.45, 7) is 3.16. The SMILES string of the molecule is CON=C(C(=O)N[C@@H]1C(=O)N(S(=O)(=O)O)[C@@H]1C1COC(C)(C)O1)c1csc(N)n1.[H-].[Na+]. The molecule has 2 amide bonds. The molecule has 0 bridgehead atoms. The second kappa shape index (κ2) is 9.04. The van der Waals surface area contributed by atoms with E-state index in [1.165, 1.54) is 12.5 Å². The molecule has 0 saturated carbocycles. The number of oxime groups is 1. The predicted octanol–water partition coefficient (Wildman–Crippen LogP) is -4.16. The van der Waals surface area contributed by atoms with Crippen molar-refractivity contribution in [3.05, 3.63) is 11.1 Å². The number of carbonyl (C=O) groups is 2. The fraction of sp³-hybridized carbons (Fsp3) is 0.571. The van der Waals surface area contributed by atoms with Crippen LogP contribution in [0.5, 0.6) is 0 Å². The molecule has 2 aliphatic heterocycles. The second-order valence-corrected chi connectivity index (χ2v) is 8.79. The topological polar surface area (TPSA) is 183 Å². The van der Waals surface area contributed by atoms with Gasteiger partial charge in [-0.3, -0.25) is 14.1 Å². The molecule has 0 aliphatic carbocycles. The molecule has 0 spiro atoms. The number of thiazole rings is 1. The van der Waals surface area contributed by atoms with E-state index in [1.807, 2.05) is 0 Å². The maximum Gasteiger partial charge on any atom is 1.00 e. The van der Waals surface area contributed by atoms with Crippen molar-refractivity contribution in [3.8, 4) is 0 Å². The molecule has 3 atom stereocenters. The fourth-order valence-electron chi connectivity index (χ4n) is 3.05. The molecule has 1 aromatic heterocycles. The number of nitrogens with zero attached hydrogens (tertiary/aromatic N) is 3. The quantitative estimate of drug-likeness (QED) is 0.120. The molecule has 2 saturated heterocycles. The van der Waals surface area contributed by atoms with Crippen LogP contribution in [-0.2, 0) is 34.2 Å². The first-order chi connectivity index (χ1) is 13.4. The number of nitrogens with one attached hydrogen (secondary N) is 1. The Bertz CT molecular complexity index is 972. The molecule has 1 aromatic rings. The Morgan fingerprint density at radius 2 is 2.23 bits per heavy atom. The summed E-state index contributed by atoms with van der Waals surface area (Å²) in [6.07, 6.45) is -0.910. The number of nitrogens with two attached hydrogens (primary N) is 1. The van der Waals surface area contributed by atoms with E-state index >= 15 is 0 Å². The molecule has 0 aromatic carbocycles. The summed E-state index contributed by atoms with van der Waals surface area (Å²) >= 11 is 1.07. The van der Waals surface area contributed by atoms with E-state index in [2.05, 4.69) is 20.3 Å². The Morgan fingerprint density at radius 1 is 1.57 bits per heavy atom. The van der Waals surface area contributed by atoms with Crippen LogP contribution >= 0.6 is 11.3 Å². The van der Waals surface area contributed by atoms with Gasteiger partial charge in [-0.25, -0.2) is 9.29 Å². The Kier molecular flexibility index (Phi) is 7.51. The summed E-state index contributed by atoms with van der Waals surface area (Å²) in [4.78, 5) is 33.6. The number of aromatic nitrogens is 1. The van der Waals surface area contributed by atoms with Gasteiger partial charge in [0.05, 0.1) is 6.61 Å². The minimum Gasteiger partial charge on any atom is -1.00 e. The molecule has 2 fully saturated rings. The molecule has 4 N–H and O–H groups in total. The van der Waals surface area contributed by atoms with E-state index in [-0.39, 0.29) is 58.4 Å². The van der Waals surface area contributed by atoms with E-state index in [9.17, 15) is 22.6 Å². The van der Waals surface area contributed by atoms with Crippen molar-refractivity contribution >= 4 is 44.3 Å². The van der Waals surface area contributed by atoms with Crippen molar-refractivity contribution in [1.82, 2.24) is 14.6 Å². The van der Waals surface area contributed by atoms with Crippen LogP contribution in [0.1, 0.15) is 21.0 Å². The van der Waals surface area contributed by atoms with Gasteiger partial charge in [0.1, 0.15) is 31.0 Å². The van der Waals surface area contributed by atoms with Crippen molar-refractivity contribution in [2.75, 3.05) is 19.5 Å². The van der Waals surface area contributed by atoms with Crippen LogP contribution in [0.3, 0.4) is 0 Å². The van der Waals surface area contributed by atoms with Crippen molar-refractivity contribution < 1.29 is 67.9 Å². The maximum absolute atomic E-state index is 12.7. The predicted molar refractivity (Wildman–Crippen MR) is 100 cm³/mol. The molecule has 3 rings (SSSR count). The van der Waals surface area contributed by atoms with Gasteiger partial charge in [0, 0.05) is 5.38 Å². The van der Waals surface area contributed by atoms with Crippen LogP contribution in [0.4, 0.5) is 5.13 Å². The van der Waals surface area contributed by atoms with Crippen LogP contribution in [0.25, 0.3) is 0 Å². The summed E-state index contributed by atoms with van der Waals surface area (Å²) in [5, 5.41) is 7.64. The van der Waals surface area contributed by atoms with Crippen LogP contribution < -0.4 is 40.6 Å². The van der Waals surface area contributed by atoms with E-state index in [0.717, 1.165) is 11.3 Å². The monoisotopic (exact) mass is 473 g/mol. The fourth-order valence-corrected chi connectivity index (χ4v) is 4.50. The zero-order valence-electron chi connectivity index (χ0n) is 17.6. The third kappa shape index (κ3) is 4.94. The number of amides is 2. The number of nitrogen functional groups attached to an aromatic ring is 1. The van der Waals surface area contributed by atoms with Gasteiger partial charge in [-0.15, -0.1) is 11.3 Å². The Morgan fingerprint density at radius 3 is 2.70 bits per heavy atom. The van der Waals surface area contributed by atoms with Gasteiger partial charge in [-0.2, -0.15) is 8.42 Å². The average Bonchev–Trinajstić information content (AvgIpc) is 3.18. The first kappa shape index (κ1) is 24.9. The van der Waals surface area contributed by atoms with Gasteiger partial charge in [-0.05, 0) is 13.8 Å². The minimum absolute atomic E-state index is 0. The first-order valence-corrected chi connectivity index (χ1v) is 10.5. The summed E-state index contributed by atoms with van der Waals surface area (Å²) in [5.74, 6) is -2.91. The van der Waals surface area contributed by atoms with E-state index in [0.29, 0.717) is 0 Å². The smallest absolute Gasteiger partial charge is 1.00 e. The largest absolute Gasteiger partial charge is 1.00 e. The summed E-state index contributed by atoms with van der Waals surface area (Å²) in [7, 11) is -3.66. The molecule has 13 nitrogen and oxygen atoms in total. The van der Waals surface area contributed by atoms with Crippen LogP contribution in [0.2, 0.25) is 0 Å². The molecule has 30 heavy (non-hydrogen) atoms.